The van der Waals surface area contributed by atoms with Crippen molar-refractivity contribution in [2.75, 3.05) is 38.2 Å². The molecule has 1 unspecified atom stereocenters. The molecule has 0 aromatic heterocycles. The van der Waals surface area contributed by atoms with E-state index < -0.39 is 9.84 Å². The van der Waals surface area contributed by atoms with Crippen molar-refractivity contribution in [3.05, 3.63) is 0 Å². The van der Waals surface area contributed by atoms with E-state index in [2.05, 4.69) is 17.1 Å². The lowest BCUT2D eigenvalue weighted by Crippen LogP contribution is -2.41. The molecular formula is C12H24N2O2S. The van der Waals surface area contributed by atoms with Gasteiger partial charge >= 0.3 is 0 Å². The van der Waals surface area contributed by atoms with Crippen LogP contribution in [0.5, 0.6) is 0 Å². The summed E-state index contributed by atoms with van der Waals surface area (Å²) in [6.45, 7) is 6.22. The van der Waals surface area contributed by atoms with Gasteiger partial charge in [-0.2, -0.15) is 0 Å². The Bertz CT molecular complexity index is 357. The minimum Gasteiger partial charge on any atom is -0.316 e. The Morgan fingerprint density at radius 1 is 1.41 bits per heavy atom. The van der Waals surface area contributed by atoms with Crippen LogP contribution < -0.4 is 5.32 Å². The van der Waals surface area contributed by atoms with Crippen molar-refractivity contribution in [2.45, 2.75) is 32.2 Å². The molecule has 2 fully saturated rings. The summed E-state index contributed by atoms with van der Waals surface area (Å²) < 4.78 is 22.5. The summed E-state index contributed by atoms with van der Waals surface area (Å²) in [6.07, 6.45) is 5.02. The Kier molecular flexibility index (Phi) is 3.80. The molecule has 1 aliphatic carbocycles. The van der Waals surface area contributed by atoms with Gasteiger partial charge in [0.1, 0.15) is 9.84 Å². The van der Waals surface area contributed by atoms with E-state index in [-0.39, 0.29) is 0 Å². The van der Waals surface area contributed by atoms with E-state index in [9.17, 15) is 8.42 Å². The van der Waals surface area contributed by atoms with Gasteiger partial charge in [0, 0.05) is 31.9 Å². The van der Waals surface area contributed by atoms with E-state index in [0.29, 0.717) is 23.8 Å². The molecule has 1 saturated carbocycles. The average molecular weight is 260 g/mol. The predicted octanol–water partition coefficient (Wildman–Crippen LogP) is 0.495. The Labute approximate surface area is 105 Å². The third kappa shape index (κ3) is 4.23. The number of rotatable bonds is 6. The maximum absolute atomic E-state index is 11.3. The van der Waals surface area contributed by atoms with Gasteiger partial charge in [0.05, 0.1) is 5.75 Å². The van der Waals surface area contributed by atoms with Gasteiger partial charge in [0.15, 0.2) is 0 Å². The van der Waals surface area contributed by atoms with Crippen LogP contribution in [0.15, 0.2) is 0 Å². The number of hydrogen-bond donors (Lipinski definition) is 1. The number of sulfone groups is 1. The molecule has 2 aliphatic rings. The van der Waals surface area contributed by atoms with Crippen LogP contribution in [0.1, 0.15) is 26.2 Å². The Hall–Kier alpha value is -0.130. The second-order valence-corrected chi connectivity index (χ2v) is 8.33. The van der Waals surface area contributed by atoms with Gasteiger partial charge in [0.2, 0.25) is 0 Å². The summed E-state index contributed by atoms with van der Waals surface area (Å²) in [4.78, 5) is 2.40. The van der Waals surface area contributed by atoms with E-state index in [1.54, 1.807) is 0 Å². The Morgan fingerprint density at radius 3 is 2.59 bits per heavy atom. The molecule has 1 heterocycles. The van der Waals surface area contributed by atoms with E-state index in [4.69, 9.17) is 0 Å². The highest BCUT2D eigenvalue weighted by atomic mass is 32.2. The monoisotopic (exact) mass is 260 g/mol. The minimum absolute atomic E-state index is 0.299. The normalized spacial score (nSPS) is 30.1. The third-order valence-corrected chi connectivity index (χ3v) is 4.78. The number of nitrogens with one attached hydrogen (secondary N) is 1. The molecule has 0 aromatic rings. The molecule has 0 spiro atoms. The van der Waals surface area contributed by atoms with Crippen molar-refractivity contribution in [3.8, 4) is 0 Å². The molecule has 4 nitrogen and oxygen atoms in total. The van der Waals surface area contributed by atoms with E-state index >= 15 is 0 Å². The van der Waals surface area contributed by atoms with Crippen molar-refractivity contribution >= 4 is 9.84 Å². The third-order valence-electron chi connectivity index (χ3n) is 3.85. The zero-order valence-electron chi connectivity index (χ0n) is 10.9. The van der Waals surface area contributed by atoms with E-state index in [1.807, 2.05) is 0 Å². The van der Waals surface area contributed by atoms with Gasteiger partial charge in [-0.25, -0.2) is 8.42 Å². The molecule has 17 heavy (non-hydrogen) atoms. The molecule has 5 heteroatoms. The summed E-state index contributed by atoms with van der Waals surface area (Å²) in [7, 11) is -2.84. The topological polar surface area (TPSA) is 49.4 Å². The SMILES string of the molecule is CC1(CN(CCS(C)(=O)=O)C2CC2)CCNC1. The van der Waals surface area contributed by atoms with Crippen LogP contribution in [-0.2, 0) is 9.84 Å². The average Bonchev–Trinajstić information content (AvgIpc) is 2.96. The fourth-order valence-corrected chi connectivity index (χ4v) is 3.17. The summed E-state index contributed by atoms with van der Waals surface area (Å²) in [5, 5.41) is 3.40. The van der Waals surface area contributed by atoms with Gasteiger partial charge < -0.3 is 5.32 Å². The molecule has 1 saturated heterocycles. The first-order valence-electron chi connectivity index (χ1n) is 6.51. The predicted molar refractivity (Wildman–Crippen MR) is 69.9 cm³/mol. The molecule has 0 amide bonds. The van der Waals surface area contributed by atoms with Crippen molar-refractivity contribution in [1.82, 2.24) is 10.2 Å². The van der Waals surface area contributed by atoms with Gasteiger partial charge in [-0.15, -0.1) is 0 Å². The fourth-order valence-electron chi connectivity index (χ4n) is 2.61. The highest BCUT2D eigenvalue weighted by Crippen LogP contribution is 2.32. The van der Waals surface area contributed by atoms with E-state index in [0.717, 1.165) is 19.6 Å². The Balaban J connectivity index is 1.88. The maximum atomic E-state index is 11.3. The number of hydrogen-bond acceptors (Lipinski definition) is 4. The standard InChI is InChI=1S/C12H24N2O2S/c1-12(5-6-13-9-12)10-14(11-3-4-11)7-8-17(2,15)16/h11,13H,3-10H2,1-2H3. The molecule has 100 valence electrons. The molecule has 0 aromatic carbocycles. The smallest absolute Gasteiger partial charge is 0.148 e. The highest BCUT2D eigenvalue weighted by molar-refractivity contribution is 7.90. The van der Waals surface area contributed by atoms with Crippen molar-refractivity contribution in [1.29, 1.82) is 0 Å². The summed E-state index contributed by atoms with van der Waals surface area (Å²) in [5.41, 5.74) is 0.333. The van der Waals surface area contributed by atoms with Crippen molar-refractivity contribution < 1.29 is 8.42 Å². The largest absolute Gasteiger partial charge is 0.316 e. The molecule has 0 bridgehead atoms. The van der Waals surface area contributed by atoms with Crippen LogP contribution in [0.4, 0.5) is 0 Å². The lowest BCUT2D eigenvalue weighted by molar-refractivity contribution is 0.178. The van der Waals surface area contributed by atoms with Crippen molar-refractivity contribution in [2.24, 2.45) is 5.41 Å². The quantitative estimate of drug-likeness (QED) is 0.755. The van der Waals surface area contributed by atoms with Crippen molar-refractivity contribution in [3.63, 3.8) is 0 Å². The molecule has 2 rings (SSSR count). The zero-order valence-corrected chi connectivity index (χ0v) is 11.7. The lowest BCUT2D eigenvalue weighted by Gasteiger charge is -2.32. The molecule has 1 N–H and O–H groups in total. The first-order chi connectivity index (χ1) is 7.88. The first kappa shape index (κ1) is 13.3. The van der Waals surface area contributed by atoms with Crippen LogP contribution in [-0.4, -0.2) is 57.5 Å². The molecule has 1 aliphatic heterocycles. The highest BCUT2D eigenvalue weighted by Gasteiger charge is 2.36. The van der Waals surface area contributed by atoms with Crippen LogP contribution in [0.2, 0.25) is 0 Å². The lowest BCUT2D eigenvalue weighted by atomic mass is 9.89. The molecular weight excluding hydrogens is 236 g/mol. The Morgan fingerprint density at radius 2 is 2.12 bits per heavy atom. The number of nitrogens with zero attached hydrogens (tertiary/aromatic N) is 1. The second kappa shape index (κ2) is 4.86. The molecule has 1 atom stereocenters. The van der Waals surface area contributed by atoms with E-state index in [1.165, 1.54) is 25.5 Å². The summed E-state index contributed by atoms with van der Waals surface area (Å²) >= 11 is 0. The maximum Gasteiger partial charge on any atom is 0.148 e. The van der Waals surface area contributed by atoms with Gasteiger partial charge in [-0.3, -0.25) is 4.90 Å². The van der Waals surface area contributed by atoms with Crippen LogP contribution in [0.25, 0.3) is 0 Å². The van der Waals surface area contributed by atoms with Gasteiger partial charge in [0.25, 0.3) is 0 Å². The van der Waals surface area contributed by atoms with Gasteiger partial charge in [-0.05, 0) is 31.2 Å². The van der Waals surface area contributed by atoms with Crippen LogP contribution in [0, 0.1) is 5.41 Å². The summed E-state index contributed by atoms with van der Waals surface area (Å²) in [6, 6.07) is 0.647. The molecule has 0 radical (unpaired) electrons. The first-order valence-corrected chi connectivity index (χ1v) is 8.57. The minimum atomic E-state index is -2.84. The zero-order chi connectivity index (χ0) is 12.5. The van der Waals surface area contributed by atoms with Gasteiger partial charge in [-0.1, -0.05) is 6.92 Å². The fraction of sp³-hybridized carbons (Fsp3) is 1.00. The summed E-state index contributed by atoms with van der Waals surface area (Å²) in [5.74, 6) is 0.299. The van der Waals surface area contributed by atoms with Crippen LogP contribution >= 0.6 is 0 Å². The van der Waals surface area contributed by atoms with Crippen LogP contribution in [0.3, 0.4) is 0 Å². The second-order valence-electron chi connectivity index (χ2n) is 6.07.